The Kier molecular flexibility index (Phi) is 46.4. The zero-order chi connectivity index (χ0) is 68.9. The number of ether oxygens (including phenoxy) is 6. The second kappa shape index (κ2) is 51.2. The molecule has 18 unspecified atom stereocenters. The summed E-state index contributed by atoms with van der Waals surface area (Å²) in [6, 6.07) is -2.62. The van der Waals surface area contributed by atoms with Crippen molar-refractivity contribution in [2.45, 2.75) is 368 Å². The average Bonchev–Trinajstić information content (AvgIpc) is 0.762. The maximum Gasteiger partial charge on any atom is 0.364 e. The van der Waals surface area contributed by atoms with Crippen LogP contribution in [0.25, 0.3) is 0 Å². The number of rotatable bonds is 55. The molecule has 14 N–H and O–H groups in total. The zero-order valence-corrected chi connectivity index (χ0v) is 57.3. The van der Waals surface area contributed by atoms with Crippen molar-refractivity contribution < 1.29 is 104 Å². The van der Waals surface area contributed by atoms with Crippen LogP contribution in [0.4, 0.5) is 0 Å². The van der Waals surface area contributed by atoms with E-state index in [9.17, 15) is 75.7 Å². The first kappa shape index (κ1) is 85.2. The first-order valence-electron chi connectivity index (χ1n) is 36.4. The van der Waals surface area contributed by atoms with E-state index in [2.05, 4.69) is 48.8 Å². The van der Waals surface area contributed by atoms with Gasteiger partial charge in [0.2, 0.25) is 11.8 Å². The number of carbonyl (C=O) groups excluding carboxylic acids is 2. The molecule has 18 atom stereocenters. The van der Waals surface area contributed by atoms with E-state index < -0.39 is 155 Å². The monoisotopic (exact) mass is 1340 g/mol. The van der Waals surface area contributed by atoms with E-state index in [0.717, 1.165) is 64.7 Å². The van der Waals surface area contributed by atoms with Crippen LogP contribution in [-0.2, 0) is 42.8 Å². The van der Waals surface area contributed by atoms with Crippen molar-refractivity contribution in [1.29, 1.82) is 0 Å². The quantitative estimate of drug-likeness (QED) is 0.0160. The number of allylic oxidation sites excluding steroid dienone is 5. The fourth-order valence-corrected chi connectivity index (χ4v) is 12.5. The highest BCUT2D eigenvalue weighted by atomic mass is 16.8. The van der Waals surface area contributed by atoms with Gasteiger partial charge >= 0.3 is 5.97 Å². The van der Waals surface area contributed by atoms with Gasteiger partial charge in [-0.25, -0.2) is 4.79 Å². The Bertz CT molecular complexity index is 2040. The summed E-state index contributed by atoms with van der Waals surface area (Å²) < 4.78 is 34.8. The summed E-state index contributed by atoms with van der Waals surface area (Å²) in [5, 5.41) is 136. The summed E-state index contributed by atoms with van der Waals surface area (Å²) >= 11 is 0. The molecule has 3 saturated heterocycles. The summed E-state index contributed by atoms with van der Waals surface area (Å²) in [5.74, 6) is -6.15. The van der Waals surface area contributed by atoms with Crippen LogP contribution in [0.2, 0.25) is 0 Å². The molecule has 3 fully saturated rings. The van der Waals surface area contributed by atoms with Crippen molar-refractivity contribution in [3.05, 3.63) is 36.5 Å². The molecule has 94 heavy (non-hydrogen) atoms. The lowest BCUT2D eigenvalue weighted by molar-refractivity contribution is -0.386. The number of carbonyl (C=O) groups is 3. The number of carboxylic acid groups (broad SMARTS) is 1. The van der Waals surface area contributed by atoms with Gasteiger partial charge in [0, 0.05) is 19.8 Å². The van der Waals surface area contributed by atoms with Crippen LogP contribution in [0, 0.1) is 0 Å². The lowest BCUT2D eigenvalue weighted by Gasteiger charge is -2.50. The largest absolute Gasteiger partial charge is 0.477 e. The SMILES string of the molecule is CCCCC/C=C\C=C/CCCCCCCCCCCCC(=O)NC(COC1OC(CO)C(OC2OC(CO)C(O)C(OC3(C(=O)O)CC(O)C(NC(C)=O)C(C(O)C(O)CO)O3)C2O)C(O)C1O)C(O)/C=C/CCCCCCCCCCCCCCCCCCCCC. The van der Waals surface area contributed by atoms with Gasteiger partial charge in [0.05, 0.1) is 50.7 Å². The third-order valence-corrected chi connectivity index (χ3v) is 18.3. The Hall–Kier alpha value is -3.05. The van der Waals surface area contributed by atoms with Crippen LogP contribution in [0.3, 0.4) is 0 Å². The van der Waals surface area contributed by atoms with Gasteiger partial charge in [-0.15, -0.1) is 0 Å². The molecule has 0 bridgehead atoms. The van der Waals surface area contributed by atoms with Crippen LogP contribution in [0.1, 0.15) is 258 Å². The smallest absolute Gasteiger partial charge is 0.364 e. The van der Waals surface area contributed by atoms with E-state index in [1.54, 1.807) is 6.08 Å². The van der Waals surface area contributed by atoms with E-state index in [1.807, 2.05) is 6.08 Å². The molecule has 3 aliphatic rings. The van der Waals surface area contributed by atoms with Crippen molar-refractivity contribution in [2.24, 2.45) is 0 Å². The van der Waals surface area contributed by atoms with E-state index in [-0.39, 0.29) is 12.3 Å². The topological polar surface area (TPSA) is 373 Å². The van der Waals surface area contributed by atoms with Crippen molar-refractivity contribution in [1.82, 2.24) is 10.6 Å². The number of carboxylic acids is 1. The highest BCUT2D eigenvalue weighted by molar-refractivity contribution is 5.77. The fraction of sp³-hybridized carbons (Fsp3) is 0.873. The zero-order valence-electron chi connectivity index (χ0n) is 57.3. The maximum absolute atomic E-state index is 13.5. The van der Waals surface area contributed by atoms with Gasteiger partial charge in [0.15, 0.2) is 12.6 Å². The van der Waals surface area contributed by atoms with Gasteiger partial charge in [-0.3, -0.25) is 9.59 Å². The van der Waals surface area contributed by atoms with Crippen molar-refractivity contribution in [2.75, 3.05) is 26.4 Å². The Balaban J connectivity index is 1.59. The molecule has 0 aromatic heterocycles. The van der Waals surface area contributed by atoms with Crippen molar-refractivity contribution in [3.8, 4) is 0 Å². The molecule has 3 rings (SSSR count). The molecule has 23 heteroatoms. The highest BCUT2D eigenvalue weighted by Gasteiger charge is 2.60. The third kappa shape index (κ3) is 32.7. The lowest BCUT2D eigenvalue weighted by atomic mass is 9.88. The van der Waals surface area contributed by atoms with E-state index >= 15 is 0 Å². The Morgan fingerprint density at radius 3 is 1.50 bits per heavy atom. The van der Waals surface area contributed by atoms with E-state index in [1.165, 1.54) is 154 Å². The summed E-state index contributed by atoms with van der Waals surface area (Å²) in [6.45, 7) is 2.12. The molecular weight excluding hydrogens is 1220 g/mol. The average molecular weight is 1350 g/mol. The highest BCUT2D eigenvalue weighted by Crippen LogP contribution is 2.39. The van der Waals surface area contributed by atoms with Gasteiger partial charge in [0.25, 0.3) is 5.79 Å². The molecule has 0 saturated carbocycles. The lowest BCUT2D eigenvalue weighted by Crippen LogP contribution is -2.70. The number of hydrogen-bond acceptors (Lipinski definition) is 20. The molecule has 3 aliphatic heterocycles. The minimum Gasteiger partial charge on any atom is -0.477 e. The van der Waals surface area contributed by atoms with Gasteiger partial charge < -0.3 is 100 Å². The number of aliphatic carboxylic acids is 1. The first-order valence-corrected chi connectivity index (χ1v) is 36.4. The standard InChI is InChI=1S/C71H128N2O21/c1-4-6-8-10-12-14-16-18-20-22-24-25-27-28-30-32-34-36-38-40-42-44-53(78)52(73-58(81)45-43-41-39-37-35-33-31-29-26-23-21-19-17-15-13-11-9-7-5-2)50-89-68-63(85)62(84)65(57(49-76)91-68)92-69-64(86)67(61(83)56(48-75)90-69)94-71(70(87)88)46-54(79)59(72-51(3)77)66(93-71)60(82)55(80)47-74/h13,15,17,19,42,44,52-57,59-69,74-76,78-80,82-86H,4-12,14,16,18,20-41,43,45-50H2,1-3H3,(H,72,77)(H,73,81)(H,87,88)/b15-13-,19-17-,44-42+. The van der Waals surface area contributed by atoms with Gasteiger partial charge in [-0.05, 0) is 44.9 Å². The Morgan fingerprint density at radius 1 is 0.564 bits per heavy atom. The van der Waals surface area contributed by atoms with Crippen LogP contribution in [0.5, 0.6) is 0 Å². The maximum atomic E-state index is 13.5. The van der Waals surface area contributed by atoms with Crippen molar-refractivity contribution >= 4 is 17.8 Å². The predicted octanol–water partition coefficient (Wildman–Crippen LogP) is 7.40. The summed E-state index contributed by atoms with van der Waals surface area (Å²) in [4.78, 5) is 38.6. The minimum absolute atomic E-state index is 0.196. The second-order valence-corrected chi connectivity index (χ2v) is 26.5. The minimum atomic E-state index is -3.08. The second-order valence-electron chi connectivity index (χ2n) is 26.5. The molecule has 23 nitrogen and oxygen atoms in total. The summed E-state index contributed by atoms with van der Waals surface area (Å²) in [6.07, 6.45) is 24.6. The molecule has 0 aromatic carbocycles. The molecule has 0 radical (unpaired) electrons. The summed E-state index contributed by atoms with van der Waals surface area (Å²) in [7, 11) is 0. The number of amides is 2. The van der Waals surface area contributed by atoms with Crippen LogP contribution >= 0.6 is 0 Å². The number of unbranched alkanes of at least 4 members (excludes halogenated alkanes) is 32. The van der Waals surface area contributed by atoms with Crippen LogP contribution in [0.15, 0.2) is 36.5 Å². The Labute approximate surface area is 561 Å². The van der Waals surface area contributed by atoms with Gasteiger partial charge in [0.1, 0.15) is 67.1 Å². The van der Waals surface area contributed by atoms with Crippen LogP contribution < -0.4 is 10.6 Å². The van der Waals surface area contributed by atoms with Crippen LogP contribution in [-0.4, -0.2) is 215 Å². The number of aliphatic hydroxyl groups excluding tert-OH is 11. The third-order valence-electron chi connectivity index (χ3n) is 18.3. The van der Waals surface area contributed by atoms with Gasteiger partial charge in [-0.1, -0.05) is 230 Å². The number of aliphatic hydroxyl groups is 11. The predicted molar refractivity (Wildman–Crippen MR) is 357 cm³/mol. The molecule has 3 heterocycles. The number of hydrogen-bond donors (Lipinski definition) is 14. The van der Waals surface area contributed by atoms with Gasteiger partial charge in [-0.2, -0.15) is 0 Å². The number of nitrogens with one attached hydrogen (secondary N) is 2. The molecular formula is C71H128N2O21. The summed E-state index contributed by atoms with van der Waals surface area (Å²) in [5.41, 5.74) is 0. The Morgan fingerprint density at radius 2 is 1.02 bits per heavy atom. The molecule has 0 spiro atoms. The molecule has 0 aliphatic carbocycles. The van der Waals surface area contributed by atoms with E-state index in [0.29, 0.717) is 12.8 Å². The first-order chi connectivity index (χ1) is 45.4. The molecule has 2 amide bonds. The molecule has 0 aromatic rings. The fourth-order valence-electron chi connectivity index (χ4n) is 12.5. The molecule has 548 valence electrons. The van der Waals surface area contributed by atoms with E-state index in [4.69, 9.17) is 28.4 Å². The normalized spacial score (nSPS) is 28.1. The van der Waals surface area contributed by atoms with Crippen molar-refractivity contribution in [3.63, 3.8) is 0 Å².